The number of hydrogen-bond acceptors (Lipinski definition) is 2. The summed E-state index contributed by atoms with van der Waals surface area (Å²) in [4.78, 5) is 17.4. The first-order chi connectivity index (χ1) is 17.4. The molecule has 2 aromatic carbocycles. The van der Waals surface area contributed by atoms with Gasteiger partial charge in [-0.2, -0.15) is 26.3 Å². The topological polar surface area (TPSA) is 42.0 Å². The van der Waals surface area contributed by atoms with Gasteiger partial charge >= 0.3 is 12.4 Å². The normalized spacial score (nSPS) is 21.3. The van der Waals surface area contributed by atoms with Crippen molar-refractivity contribution in [1.29, 1.82) is 0 Å². The molecule has 0 bridgehead atoms. The molecule has 1 heterocycles. The lowest BCUT2D eigenvalue weighted by Crippen LogP contribution is -2.49. The van der Waals surface area contributed by atoms with Crippen LogP contribution in [-0.4, -0.2) is 10.9 Å². The van der Waals surface area contributed by atoms with Gasteiger partial charge in [0.25, 0.3) is 0 Å². The maximum Gasteiger partial charge on any atom is 0.416 e. The largest absolute Gasteiger partial charge is 0.416 e. The van der Waals surface area contributed by atoms with Crippen LogP contribution in [0.25, 0.3) is 0 Å². The second-order valence-electron chi connectivity index (χ2n) is 9.55. The Morgan fingerprint density at radius 2 is 1.43 bits per heavy atom. The molecule has 1 fully saturated rings. The van der Waals surface area contributed by atoms with Gasteiger partial charge in [-0.15, -0.1) is 0 Å². The van der Waals surface area contributed by atoms with E-state index in [1.807, 2.05) is 42.5 Å². The molecule has 0 saturated heterocycles. The van der Waals surface area contributed by atoms with E-state index in [1.165, 1.54) is 6.92 Å². The smallest absolute Gasteiger partial charge is 0.346 e. The number of nitrogens with one attached hydrogen (secondary N) is 1. The van der Waals surface area contributed by atoms with Gasteiger partial charge in [-0.3, -0.25) is 9.78 Å². The van der Waals surface area contributed by atoms with Crippen LogP contribution < -0.4 is 5.32 Å². The van der Waals surface area contributed by atoms with E-state index in [0.29, 0.717) is 25.0 Å². The quantitative estimate of drug-likeness (QED) is 0.352. The molecule has 3 nitrogen and oxygen atoms in total. The van der Waals surface area contributed by atoms with Crippen LogP contribution in [0.5, 0.6) is 0 Å². The highest BCUT2D eigenvalue weighted by molar-refractivity contribution is 5.84. The summed E-state index contributed by atoms with van der Waals surface area (Å²) in [6.45, 7) is 1.33. The van der Waals surface area contributed by atoms with Crippen molar-refractivity contribution in [2.75, 3.05) is 0 Å². The summed E-state index contributed by atoms with van der Waals surface area (Å²) < 4.78 is 80.2. The van der Waals surface area contributed by atoms with Gasteiger partial charge in [0.2, 0.25) is 5.91 Å². The number of rotatable bonds is 5. The van der Waals surface area contributed by atoms with Crippen LogP contribution in [0, 0.1) is 0 Å². The average molecular weight is 521 g/mol. The van der Waals surface area contributed by atoms with Gasteiger partial charge in [0.1, 0.15) is 0 Å². The second kappa shape index (κ2) is 10.2. The fraction of sp³-hybridized carbons (Fsp3) is 0.357. The molecular weight excluding hydrogens is 494 g/mol. The monoisotopic (exact) mass is 520 g/mol. The molecule has 196 valence electrons. The molecule has 9 heteroatoms. The molecule has 1 aliphatic rings. The van der Waals surface area contributed by atoms with Crippen LogP contribution in [-0.2, 0) is 22.7 Å². The van der Waals surface area contributed by atoms with Crippen LogP contribution in [0.2, 0.25) is 0 Å². The zero-order chi connectivity index (χ0) is 26.8. The van der Waals surface area contributed by atoms with Gasteiger partial charge in [-0.05, 0) is 85.5 Å². The summed E-state index contributed by atoms with van der Waals surface area (Å²) in [5, 5.41) is 3.02. The number of hydrogen-bond donors (Lipinski definition) is 1. The Balaban J connectivity index is 1.63. The van der Waals surface area contributed by atoms with Gasteiger partial charge in [0.15, 0.2) is 0 Å². The molecule has 1 atom stereocenters. The third-order valence-electron chi connectivity index (χ3n) is 7.21. The number of alkyl halides is 6. The Morgan fingerprint density at radius 1 is 0.892 bits per heavy atom. The lowest BCUT2D eigenvalue weighted by molar-refractivity contribution is -0.143. The number of pyridine rings is 1. The maximum absolute atomic E-state index is 13.4. The van der Waals surface area contributed by atoms with Crippen molar-refractivity contribution < 1.29 is 31.1 Å². The van der Waals surface area contributed by atoms with Crippen molar-refractivity contribution in [1.82, 2.24) is 10.3 Å². The molecular formula is C28H26F6N2O. The lowest BCUT2D eigenvalue weighted by atomic mass is 9.71. The van der Waals surface area contributed by atoms with E-state index in [9.17, 15) is 31.1 Å². The fourth-order valence-corrected chi connectivity index (χ4v) is 5.05. The number of nitrogens with zero attached hydrogens (tertiary/aromatic N) is 1. The summed E-state index contributed by atoms with van der Waals surface area (Å²) in [6.07, 6.45) is -3.89. The van der Waals surface area contributed by atoms with Crippen LogP contribution in [0.3, 0.4) is 0 Å². The molecule has 1 amide bonds. The van der Waals surface area contributed by atoms with Gasteiger partial charge in [-0.1, -0.05) is 30.3 Å². The van der Waals surface area contributed by atoms with E-state index < -0.39 is 40.8 Å². The SMILES string of the molecule is CC(C(=O)N[C@]1(c2ccccc2)CC[C@H](c2ccncc2)CC1)c1cc(C(F)(F)F)cc(C(F)(F)F)c1. The van der Waals surface area contributed by atoms with Gasteiger partial charge < -0.3 is 5.32 Å². The molecule has 3 aromatic rings. The fourth-order valence-electron chi connectivity index (χ4n) is 5.05. The Labute approximate surface area is 210 Å². The van der Waals surface area contributed by atoms with Crippen molar-refractivity contribution in [3.63, 3.8) is 0 Å². The minimum absolute atomic E-state index is 0.0694. The Morgan fingerprint density at radius 3 is 1.95 bits per heavy atom. The first-order valence-corrected chi connectivity index (χ1v) is 12.0. The number of carbonyl (C=O) groups excluding carboxylic acids is 1. The summed E-state index contributed by atoms with van der Waals surface area (Å²) >= 11 is 0. The van der Waals surface area contributed by atoms with E-state index in [0.717, 1.165) is 24.0 Å². The molecule has 1 aromatic heterocycles. The van der Waals surface area contributed by atoms with Crippen LogP contribution in [0.4, 0.5) is 26.3 Å². The molecule has 1 saturated carbocycles. The average Bonchev–Trinajstić information content (AvgIpc) is 2.88. The van der Waals surface area contributed by atoms with E-state index in [2.05, 4.69) is 10.3 Å². The summed E-state index contributed by atoms with van der Waals surface area (Å²) in [5.74, 6) is -1.60. The number of halogens is 6. The first-order valence-electron chi connectivity index (χ1n) is 12.0. The highest BCUT2D eigenvalue weighted by Crippen LogP contribution is 2.44. The van der Waals surface area contributed by atoms with Gasteiger partial charge in [0.05, 0.1) is 22.6 Å². The molecule has 1 N–H and O–H groups in total. The van der Waals surface area contributed by atoms with Crippen molar-refractivity contribution >= 4 is 5.91 Å². The van der Waals surface area contributed by atoms with Crippen molar-refractivity contribution in [3.8, 4) is 0 Å². The second-order valence-corrected chi connectivity index (χ2v) is 9.55. The summed E-state index contributed by atoms with van der Waals surface area (Å²) in [7, 11) is 0. The van der Waals surface area contributed by atoms with E-state index in [4.69, 9.17) is 0 Å². The molecule has 4 rings (SSSR count). The standard InChI is InChI=1S/C28H26F6N2O/c1-18(21-15-23(27(29,30)31)17-24(16-21)28(32,33)34)25(37)36-26(22-5-3-2-4-6-22)11-7-19(8-12-26)20-9-13-35-14-10-20/h2-6,9-10,13-19H,7-8,11-12H2,1H3,(H,36,37)/t18?,19-,26+. The third kappa shape index (κ3) is 5.97. The van der Waals surface area contributed by atoms with Crippen LogP contribution in [0.15, 0.2) is 73.1 Å². The van der Waals surface area contributed by atoms with E-state index in [-0.39, 0.29) is 17.5 Å². The minimum atomic E-state index is -4.98. The summed E-state index contributed by atoms with van der Waals surface area (Å²) in [5.41, 5.74) is -2.01. The van der Waals surface area contributed by atoms with Crippen molar-refractivity contribution in [2.24, 2.45) is 0 Å². The maximum atomic E-state index is 13.4. The zero-order valence-corrected chi connectivity index (χ0v) is 20.0. The van der Waals surface area contributed by atoms with Crippen molar-refractivity contribution in [3.05, 3.63) is 101 Å². The number of carbonyl (C=O) groups is 1. The van der Waals surface area contributed by atoms with E-state index in [1.54, 1.807) is 12.4 Å². The number of amides is 1. The minimum Gasteiger partial charge on any atom is -0.346 e. The predicted octanol–water partition coefficient (Wildman–Crippen LogP) is 7.59. The van der Waals surface area contributed by atoms with E-state index >= 15 is 0 Å². The zero-order valence-electron chi connectivity index (χ0n) is 20.0. The third-order valence-corrected chi connectivity index (χ3v) is 7.21. The Kier molecular flexibility index (Phi) is 7.35. The molecule has 0 aliphatic heterocycles. The first kappa shape index (κ1) is 26.7. The molecule has 1 aliphatic carbocycles. The van der Waals surface area contributed by atoms with Gasteiger partial charge in [-0.25, -0.2) is 0 Å². The molecule has 0 radical (unpaired) electrons. The lowest BCUT2D eigenvalue weighted by Gasteiger charge is -2.42. The molecule has 37 heavy (non-hydrogen) atoms. The highest BCUT2D eigenvalue weighted by Gasteiger charge is 2.41. The number of aromatic nitrogens is 1. The van der Waals surface area contributed by atoms with Crippen molar-refractivity contribution in [2.45, 2.75) is 62.3 Å². The number of benzene rings is 2. The summed E-state index contributed by atoms with van der Waals surface area (Å²) in [6, 6.07) is 14.5. The predicted molar refractivity (Wildman–Crippen MR) is 127 cm³/mol. The Bertz CT molecular complexity index is 1180. The molecule has 1 unspecified atom stereocenters. The molecule has 0 spiro atoms. The van der Waals surface area contributed by atoms with Crippen LogP contribution >= 0.6 is 0 Å². The van der Waals surface area contributed by atoms with Crippen LogP contribution in [0.1, 0.15) is 72.3 Å². The van der Waals surface area contributed by atoms with Gasteiger partial charge in [0, 0.05) is 12.4 Å². The highest BCUT2D eigenvalue weighted by atomic mass is 19.4. The Hall–Kier alpha value is -3.36.